The molecule has 162 valence electrons. The van der Waals surface area contributed by atoms with Gasteiger partial charge in [0.05, 0.1) is 5.56 Å². The molecule has 0 saturated carbocycles. The van der Waals surface area contributed by atoms with Gasteiger partial charge < -0.3 is 15.5 Å². The fraction of sp³-hybridized carbons (Fsp3) is 0.667. The molecule has 2 amide bonds. The van der Waals surface area contributed by atoms with Crippen LogP contribution < -0.4 is 15.5 Å². The van der Waals surface area contributed by atoms with Crippen LogP contribution in [0.2, 0.25) is 0 Å². The molecule has 1 aliphatic heterocycles. The number of nitrogens with zero attached hydrogens (tertiary/aromatic N) is 1. The molecule has 2 atom stereocenters. The van der Waals surface area contributed by atoms with Crippen molar-refractivity contribution in [3.05, 3.63) is 23.8 Å². The minimum Gasteiger partial charge on any atom is -0.371 e. The van der Waals surface area contributed by atoms with Gasteiger partial charge >= 0.3 is 0 Å². The average molecular weight is 402 g/mol. The van der Waals surface area contributed by atoms with Crippen molar-refractivity contribution >= 4 is 23.2 Å². The molecule has 0 bridgehead atoms. The van der Waals surface area contributed by atoms with Gasteiger partial charge in [-0.05, 0) is 63.6 Å². The van der Waals surface area contributed by atoms with E-state index in [0.717, 1.165) is 63.7 Å². The Kier molecular flexibility index (Phi) is 9.49. The number of nitrogens with one attached hydrogen (secondary N) is 2. The molecule has 1 aromatic rings. The Morgan fingerprint density at radius 1 is 1.07 bits per heavy atom. The monoisotopic (exact) mass is 401 g/mol. The predicted octanol–water partition coefficient (Wildman–Crippen LogP) is 5.36. The second kappa shape index (κ2) is 11.8. The van der Waals surface area contributed by atoms with Gasteiger partial charge in [0.2, 0.25) is 5.91 Å². The van der Waals surface area contributed by atoms with Gasteiger partial charge in [0.25, 0.3) is 5.91 Å². The van der Waals surface area contributed by atoms with Crippen molar-refractivity contribution < 1.29 is 9.59 Å². The molecule has 5 heteroatoms. The number of hydrogen-bond donors (Lipinski definition) is 2. The number of hydrogen-bond acceptors (Lipinski definition) is 3. The number of carbonyl (C=O) groups excluding carboxylic acids is 2. The third-order valence-electron chi connectivity index (χ3n) is 5.97. The lowest BCUT2D eigenvalue weighted by Gasteiger charge is -2.31. The molecular formula is C24H39N3O2. The molecule has 1 fully saturated rings. The van der Waals surface area contributed by atoms with Crippen molar-refractivity contribution in [3.8, 4) is 0 Å². The summed E-state index contributed by atoms with van der Waals surface area (Å²) >= 11 is 0. The van der Waals surface area contributed by atoms with Crippen molar-refractivity contribution in [2.45, 2.75) is 85.1 Å². The molecular weight excluding hydrogens is 362 g/mol. The van der Waals surface area contributed by atoms with Crippen LogP contribution in [0.1, 0.15) is 89.4 Å². The molecule has 1 heterocycles. The van der Waals surface area contributed by atoms with Crippen molar-refractivity contribution in [1.82, 2.24) is 5.32 Å². The number of unbranched alkanes of at least 4 members (excludes halogenated alkanes) is 1. The maximum absolute atomic E-state index is 13.0. The van der Waals surface area contributed by atoms with Crippen LogP contribution in [-0.4, -0.2) is 30.9 Å². The van der Waals surface area contributed by atoms with E-state index in [2.05, 4.69) is 36.3 Å². The summed E-state index contributed by atoms with van der Waals surface area (Å²) in [5.41, 5.74) is 2.34. The smallest absolute Gasteiger partial charge is 0.253 e. The normalized spacial score (nSPS) is 16.2. The molecule has 2 rings (SSSR count). The molecule has 0 spiro atoms. The Labute approximate surface area is 176 Å². The van der Waals surface area contributed by atoms with E-state index in [9.17, 15) is 9.59 Å². The maximum Gasteiger partial charge on any atom is 0.253 e. The molecule has 2 N–H and O–H groups in total. The van der Waals surface area contributed by atoms with E-state index in [-0.39, 0.29) is 23.8 Å². The Morgan fingerprint density at radius 2 is 1.79 bits per heavy atom. The summed E-state index contributed by atoms with van der Waals surface area (Å²) in [4.78, 5) is 28.0. The van der Waals surface area contributed by atoms with Crippen LogP contribution in [0.3, 0.4) is 0 Å². The zero-order chi connectivity index (χ0) is 21.2. The molecule has 1 saturated heterocycles. The highest BCUT2D eigenvalue weighted by atomic mass is 16.2. The first-order valence-corrected chi connectivity index (χ1v) is 11.5. The number of rotatable bonds is 10. The van der Waals surface area contributed by atoms with Gasteiger partial charge in [-0.1, -0.05) is 33.6 Å². The first kappa shape index (κ1) is 23.2. The largest absolute Gasteiger partial charge is 0.371 e. The summed E-state index contributed by atoms with van der Waals surface area (Å²) in [6.45, 7) is 10.2. The Balaban J connectivity index is 2.24. The van der Waals surface area contributed by atoms with Gasteiger partial charge in [0.1, 0.15) is 0 Å². The van der Waals surface area contributed by atoms with E-state index in [0.29, 0.717) is 11.3 Å². The maximum atomic E-state index is 13.0. The highest BCUT2D eigenvalue weighted by Gasteiger charge is 2.21. The van der Waals surface area contributed by atoms with Crippen molar-refractivity contribution in [2.75, 3.05) is 23.3 Å². The van der Waals surface area contributed by atoms with E-state index in [1.54, 1.807) is 0 Å². The molecule has 5 nitrogen and oxygen atoms in total. The van der Waals surface area contributed by atoms with Crippen LogP contribution in [0.25, 0.3) is 0 Å². The summed E-state index contributed by atoms with van der Waals surface area (Å²) in [6.07, 6.45) is 8.33. The highest BCUT2D eigenvalue weighted by Crippen LogP contribution is 2.28. The molecule has 29 heavy (non-hydrogen) atoms. The fourth-order valence-electron chi connectivity index (χ4n) is 3.83. The van der Waals surface area contributed by atoms with Crippen LogP contribution in [0, 0.1) is 5.92 Å². The second-order valence-electron chi connectivity index (χ2n) is 8.30. The second-order valence-corrected chi connectivity index (χ2v) is 8.30. The fourth-order valence-corrected chi connectivity index (χ4v) is 3.83. The van der Waals surface area contributed by atoms with Gasteiger partial charge in [-0.25, -0.2) is 0 Å². The lowest BCUT2D eigenvalue weighted by atomic mass is 9.98. The van der Waals surface area contributed by atoms with Crippen LogP contribution in [0.15, 0.2) is 18.2 Å². The topological polar surface area (TPSA) is 61.4 Å². The molecule has 1 aliphatic rings. The van der Waals surface area contributed by atoms with Crippen LogP contribution in [0.5, 0.6) is 0 Å². The van der Waals surface area contributed by atoms with Crippen molar-refractivity contribution in [3.63, 3.8) is 0 Å². The van der Waals surface area contributed by atoms with Crippen LogP contribution in [-0.2, 0) is 4.79 Å². The van der Waals surface area contributed by atoms with E-state index < -0.39 is 0 Å². The number of amides is 2. The number of piperidine rings is 1. The molecule has 0 aliphatic carbocycles. The van der Waals surface area contributed by atoms with E-state index >= 15 is 0 Å². The first-order valence-electron chi connectivity index (χ1n) is 11.5. The van der Waals surface area contributed by atoms with Gasteiger partial charge in [0.15, 0.2) is 0 Å². The lowest BCUT2D eigenvalue weighted by Crippen LogP contribution is -2.35. The van der Waals surface area contributed by atoms with Crippen molar-refractivity contribution in [2.24, 2.45) is 5.92 Å². The quantitative estimate of drug-likeness (QED) is 0.555. The summed E-state index contributed by atoms with van der Waals surface area (Å²) in [6, 6.07) is 5.91. The van der Waals surface area contributed by atoms with Gasteiger partial charge in [-0.15, -0.1) is 0 Å². The Bertz CT molecular complexity index is 668. The first-order chi connectivity index (χ1) is 14.0. The van der Waals surface area contributed by atoms with E-state index in [1.165, 1.54) is 6.42 Å². The SMILES string of the molecule is CCCCC(CC)C(=O)Nc1ccc(N2CCCCC2)c(C(=O)NC(C)CC)c1. The predicted molar refractivity (Wildman–Crippen MR) is 122 cm³/mol. The van der Waals surface area contributed by atoms with Crippen LogP contribution >= 0.6 is 0 Å². The van der Waals surface area contributed by atoms with Gasteiger partial charge in [0, 0.05) is 36.4 Å². The standard InChI is InChI=1S/C24H39N3O2/c1-5-8-12-19(7-3)23(28)26-20-13-14-22(27-15-10-9-11-16-27)21(17-20)24(29)25-18(4)6-2/h13-14,17-19H,5-12,15-16H2,1-4H3,(H,25,29)(H,26,28). The van der Waals surface area contributed by atoms with Gasteiger partial charge in [-0.3, -0.25) is 9.59 Å². The molecule has 2 unspecified atom stereocenters. The zero-order valence-electron chi connectivity index (χ0n) is 18.7. The molecule has 1 aromatic carbocycles. The van der Waals surface area contributed by atoms with Crippen molar-refractivity contribution in [1.29, 1.82) is 0 Å². The highest BCUT2D eigenvalue weighted by molar-refractivity contribution is 6.02. The molecule has 0 radical (unpaired) electrons. The summed E-state index contributed by atoms with van der Waals surface area (Å²) in [5.74, 6) is 0.0168. The summed E-state index contributed by atoms with van der Waals surface area (Å²) in [7, 11) is 0. The summed E-state index contributed by atoms with van der Waals surface area (Å²) in [5, 5.41) is 6.15. The third kappa shape index (κ3) is 6.76. The third-order valence-corrected chi connectivity index (χ3v) is 5.97. The number of anilines is 2. The zero-order valence-corrected chi connectivity index (χ0v) is 18.7. The Morgan fingerprint density at radius 3 is 2.41 bits per heavy atom. The summed E-state index contributed by atoms with van der Waals surface area (Å²) < 4.78 is 0. The van der Waals surface area contributed by atoms with Gasteiger partial charge in [-0.2, -0.15) is 0 Å². The van der Waals surface area contributed by atoms with E-state index in [4.69, 9.17) is 0 Å². The lowest BCUT2D eigenvalue weighted by molar-refractivity contribution is -0.120. The number of benzene rings is 1. The minimum atomic E-state index is -0.0611. The average Bonchev–Trinajstić information content (AvgIpc) is 2.74. The van der Waals surface area contributed by atoms with E-state index in [1.807, 2.05) is 25.1 Å². The Hall–Kier alpha value is -2.04. The molecule has 0 aromatic heterocycles. The minimum absolute atomic E-state index is 0.0223. The van der Waals surface area contributed by atoms with Crippen LogP contribution in [0.4, 0.5) is 11.4 Å². The number of carbonyl (C=O) groups is 2.